The normalized spacial score (nSPS) is 26.3. The van der Waals surface area contributed by atoms with Crippen molar-refractivity contribution in [3.8, 4) is 0 Å². The molecule has 1 N–H and O–H groups in total. The first-order chi connectivity index (χ1) is 15.0. The lowest BCUT2D eigenvalue weighted by Gasteiger charge is -2.42. The molecule has 0 amide bonds. The van der Waals surface area contributed by atoms with Crippen LogP contribution in [0.4, 0.5) is 0 Å². The summed E-state index contributed by atoms with van der Waals surface area (Å²) in [6.07, 6.45) is 9.82. The molecular formula is C25H34N3O3+. The average Bonchev–Trinajstić information content (AvgIpc) is 3.34. The van der Waals surface area contributed by atoms with Crippen LogP contribution in [0, 0.1) is 5.92 Å². The first-order valence-electron chi connectivity index (χ1n) is 11.6. The summed E-state index contributed by atoms with van der Waals surface area (Å²) >= 11 is 0. The van der Waals surface area contributed by atoms with Crippen molar-refractivity contribution >= 4 is 5.97 Å². The van der Waals surface area contributed by atoms with Crippen LogP contribution in [0.1, 0.15) is 49.9 Å². The Morgan fingerprint density at radius 1 is 1.10 bits per heavy atom. The molecule has 2 fully saturated rings. The van der Waals surface area contributed by atoms with E-state index in [2.05, 4.69) is 17.0 Å². The summed E-state index contributed by atoms with van der Waals surface area (Å²) in [5, 5.41) is 11.7. The number of benzene rings is 1. The lowest BCUT2D eigenvalue weighted by molar-refractivity contribution is -0.916. The van der Waals surface area contributed by atoms with Crippen LogP contribution in [0.2, 0.25) is 0 Å². The van der Waals surface area contributed by atoms with Crippen molar-refractivity contribution in [2.45, 2.75) is 56.7 Å². The quantitative estimate of drug-likeness (QED) is 0.546. The SMILES string of the molecule is C[N+]1(CCc2ncccn2)CCCC(OC(=O)C(O)(c2ccccc2)C2CCCC2)C1. The Kier molecular flexibility index (Phi) is 6.68. The van der Waals surface area contributed by atoms with Crippen molar-refractivity contribution < 1.29 is 19.1 Å². The van der Waals surface area contributed by atoms with Crippen LogP contribution in [0.3, 0.4) is 0 Å². The summed E-state index contributed by atoms with van der Waals surface area (Å²) in [6.45, 7) is 2.71. The van der Waals surface area contributed by atoms with Gasteiger partial charge in [0.2, 0.25) is 0 Å². The number of piperidine rings is 1. The Balaban J connectivity index is 1.44. The van der Waals surface area contributed by atoms with Gasteiger partial charge in [-0.15, -0.1) is 0 Å². The van der Waals surface area contributed by atoms with Gasteiger partial charge in [-0.1, -0.05) is 43.2 Å². The number of likely N-dealkylation sites (N-methyl/N-ethyl adjacent to an activating group) is 1. The zero-order chi connectivity index (χ0) is 21.7. The maximum atomic E-state index is 13.4. The standard InChI is InChI=1S/C25H34N3O3/c1-28(18-14-23-26-15-8-16-27-23)17-7-13-22(19-28)31-24(29)25(30,21-11-5-6-12-21)20-9-3-2-4-10-20/h2-4,8-10,15-16,21-22,30H,5-7,11-14,17-19H2,1H3/q+1. The smallest absolute Gasteiger partial charge is 0.343 e. The number of aromatic nitrogens is 2. The largest absolute Gasteiger partial charge is 0.454 e. The van der Waals surface area contributed by atoms with E-state index in [1.165, 1.54) is 0 Å². The molecule has 31 heavy (non-hydrogen) atoms. The van der Waals surface area contributed by atoms with E-state index in [9.17, 15) is 9.90 Å². The molecule has 0 spiro atoms. The third-order valence-electron chi connectivity index (χ3n) is 7.11. The van der Waals surface area contributed by atoms with Crippen molar-refractivity contribution in [3.05, 3.63) is 60.2 Å². The van der Waals surface area contributed by atoms with Gasteiger partial charge in [0.15, 0.2) is 11.7 Å². The van der Waals surface area contributed by atoms with E-state index >= 15 is 0 Å². The van der Waals surface area contributed by atoms with Crippen LogP contribution in [0.5, 0.6) is 0 Å². The summed E-state index contributed by atoms with van der Waals surface area (Å²) in [4.78, 5) is 22.1. The number of hydrogen-bond acceptors (Lipinski definition) is 5. The van der Waals surface area contributed by atoms with Crippen molar-refractivity contribution in [2.75, 3.05) is 26.7 Å². The molecule has 2 aliphatic rings. The number of quaternary nitrogens is 1. The molecule has 1 aromatic heterocycles. The Bertz CT molecular complexity index is 857. The van der Waals surface area contributed by atoms with Gasteiger partial charge in [-0.2, -0.15) is 0 Å². The molecule has 3 atom stereocenters. The van der Waals surface area contributed by atoms with Gasteiger partial charge in [0.25, 0.3) is 0 Å². The van der Waals surface area contributed by atoms with Crippen LogP contribution in [0.25, 0.3) is 0 Å². The second kappa shape index (κ2) is 9.45. The lowest BCUT2D eigenvalue weighted by Crippen LogP contribution is -2.56. The number of aliphatic hydroxyl groups is 1. The van der Waals surface area contributed by atoms with Crippen molar-refractivity contribution in [3.63, 3.8) is 0 Å². The van der Waals surface area contributed by atoms with Crippen LogP contribution in [-0.4, -0.2) is 58.3 Å². The van der Waals surface area contributed by atoms with Crippen molar-refractivity contribution in [1.82, 2.24) is 9.97 Å². The number of likely N-dealkylation sites (tertiary alicyclic amines) is 1. The van der Waals surface area contributed by atoms with Gasteiger partial charge in [-0.25, -0.2) is 14.8 Å². The highest BCUT2D eigenvalue weighted by Crippen LogP contribution is 2.42. The van der Waals surface area contributed by atoms with Crippen LogP contribution in [0.15, 0.2) is 48.8 Å². The van der Waals surface area contributed by atoms with Gasteiger partial charge in [0.1, 0.15) is 12.4 Å². The van der Waals surface area contributed by atoms with E-state index in [1.807, 2.05) is 36.4 Å². The highest BCUT2D eigenvalue weighted by atomic mass is 16.6. The topological polar surface area (TPSA) is 72.3 Å². The number of ether oxygens (including phenoxy) is 1. The zero-order valence-electron chi connectivity index (χ0n) is 18.4. The third-order valence-corrected chi connectivity index (χ3v) is 7.11. The van der Waals surface area contributed by atoms with Crippen LogP contribution >= 0.6 is 0 Å². The van der Waals surface area contributed by atoms with Gasteiger partial charge < -0.3 is 14.3 Å². The monoisotopic (exact) mass is 424 g/mol. The molecule has 0 radical (unpaired) electrons. The molecule has 1 aliphatic carbocycles. The van der Waals surface area contributed by atoms with E-state index in [4.69, 9.17) is 4.74 Å². The molecule has 3 unspecified atom stereocenters. The Hall–Kier alpha value is -2.31. The molecule has 6 nitrogen and oxygen atoms in total. The Morgan fingerprint density at radius 2 is 1.81 bits per heavy atom. The van der Waals surface area contributed by atoms with Crippen LogP contribution < -0.4 is 0 Å². The molecule has 1 saturated heterocycles. The summed E-state index contributed by atoms with van der Waals surface area (Å²) in [6, 6.07) is 11.2. The summed E-state index contributed by atoms with van der Waals surface area (Å²) in [7, 11) is 2.21. The maximum Gasteiger partial charge on any atom is 0.343 e. The minimum Gasteiger partial charge on any atom is -0.454 e. The molecule has 6 heteroatoms. The summed E-state index contributed by atoms with van der Waals surface area (Å²) in [5.74, 6) is 0.290. The third kappa shape index (κ3) is 4.96. The predicted molar refractivity (Wildman–Crippen MR) is 118 cm³/mol. The summed E-state index contributed by atoms with van der Waals surface area (Å²) < 4.78 is 6.86. The highest BCUT2D eigenvalue weighted by Gasteiger charge is 2.49. The molecule has 4 rings (SSSR count). The van der Waals surface area contributed by atoms with Crippen LogP contribution in [-0.2, 0) is 21.6 Å². The molecule has 1 aromatic carbocycles. The molecule has 166 valence electrons. The molecule has 0 bridgehead atoms. The van der Waals surface area contributed by atoms with Gasteiger partial charge in [0.05, 0.1) is 26.6 Å². The van der Waals surface area contributed by atoms with Crippen molar-refractivity contribution in [1.29, 1.82) is 0 Å². The summed E-state index contributed by atoms with van der Waals surface area (Å²) in [5.41, 5.74) is -0.905. The fraction of sp³-hybridized carbons (Fsp3) is 0.560. The second-order valence-electron chi connectivity index (χ2n) is 9.45. The molecule has 2 aromatic rings. The number of nitrogens with zero attached hydrogens (tertiary/aromatic N) is 3. The van der Waals surface area contributed by atoms with Crippen molar-refractivity contribution in [2.24, 2.45) is 5.92 Å². The minimum atomic E-state index is -1.56. The van der Waals surface area contributed by atoms with E-state index in [1.54, 1.807) is 12.4 Å². The molecule has 2 heterocycles. The molecule has 1 aliphatic heterocycles. The lowest BCUT2D eigenvalue weighted by atomic mass is 9.80. The highest BCUT2D eigenvalue weighted by molar-refractivity contribution is 5.81. The van der Waals surface area contributed by atoms with E-state index < -0.39 is 11.6 Å². The molecule has 1 saturated carbocycles. The maximum absolute atomic E-state index is 13.4. The van der Waals surface area contributed by atoms with Gasteiger partial charge in [-0.05, 0) is 30.9 Å². The predicted octanol–water partition coefficient (Wildman–Crippen LogP) is 3.25. The van der Waals surface area contributed by atoms with E-state index in [0.29, 0.717) is 5.56 Å². The van der Waals surface area contributed by atoms with E-state index in [0.717, 1.165) is 74.9 Å². The van der Waals surface area contributed by atoms with Gasteiger partial charge in [-0.3, -0.25) is 0 Å². The first-order valence-corrected chi connectivity index (χ1v) is 11.6. The number of hydrogen-bond donors (Lipinski definition) is 1. The number of carbonyl (C=O) groups excluding carboxylic acids is 1. The van der Waals surface area contributed by atoms with Gasteiger partial charge in [0, 0.05) is 24.7 Å². The van der Waals surface area contributed by atoms with Gasteiger partial charge >= 0.3 is 5.97 Å². The number of esters is 1. The Morgan fingerprint density at radius 3 is 2.52 bits per heavy atom. The molecular weight excluding hydrogens is 390 g/mol. The minimum absolute atomic E-state index is 0.0814. The number of rotatable bonds is 7. The Labute approximate surface area is 184 Å². The average molecular weight is 425 g/mol. The second-order valence-corrected chi connectivity index (χ2v) is 9.45. The first kappa shape index (κ1) is 21.9. The zero-order valence-corrected chi connectivity index (χ0v) is 18.4. The number of carbonyl (C=O) groups is 1. The fourth-order valence-electron chi connectivity index (χ4n) is 5.30. The van der Waals surface area contributed by atoms with E-state index in [-0.39, 0.29) is 12.0 Å². The fourth-order valence-corrected chi connectivity index (χ4v) is 5.30.